The summed E-state index contributed by atoms with van der Waals surface area (Å²) < 4.78 is 0. The van der Waals surface area contributed by atoms with Crippen molar-refractivity contribution in [3.05, 3.63) is 48.2 Å². The van der Waals surface area contributed by atoms with E-state index in [1.807, 2.05) is 30.3 Å². The predicted molar refractivity (Wildman–Crippen MR) is 59.2 cm³/mol. The van der Waals surface area contributed by atoms with E-state index in [9.17, 15) is 4.79 Å². The van der Waals surface area contributed by atoms with Crippen LogP contribution in [0.1, 0.15) is 5.56 Å². The molecule has 1 aromatic carbocycles. The van der Waals surface area contributed by atoms with Crippen molar-refractivity contribution in [2.75, 3.05) is 6.61 Å². The van der Waals surface area contributed by atoms with Gasteiger partial charge in [-0.1, -0.05) is 36.6 Å². The molecule has 0 aliphatic carbocycles. The molecule has 0 aliphatic rings. The van der Waals surface area contributed by atoms with Crippen molar-refractivity contribution in [1.82, 2.24) is 5.48 Å². The molecule has 82 valence electrons. The molecule has 4 heteroatoms. The number of carbonyl (C=O) groups is 1. The van der Waals surface area contributed by atoms with Gasteiger partial charge in [0, 0.05) is 5.56 Å². The van der Waals surface area contributed by atoms with Crippen LogP contribution in [0.4, 0.5) is 0 Å². The van der Waals surface area contributed by atoms with Gasteiger partial charge < -0.3 is 5.11 Å². The third-order valence-corrected chi connectivity index (χ3v) is 1.60. The molecule has 0 atom stereocenters. The molecule has 2 N–H and O–H groups in total. The van der Waals surface area contributed by atoms with Gasteiger partial charge in [0.2, 0.25) is 0 Å². The predicted octanol–water partition coefficient (Wildman–Crippen LogP) is 1.16. The second-order valence-electron chi connectivity index (χ2n) is 2.84. The summed E-state index contributed by atoms with van der Waals surface area (Å²) in [4.78, 5) is 15.1. The van der Waals surface area contributed by atoms with Gasteiger partial charge >= 0.3 is 5.97 Å². The van der Waals surface area contributed by atoms with Gasteiger partial charge in [-0.3, -0.25) is 10.3 Å². The van der Waals surface area contributed by atoms with E-state index in [0.29, 0.717) is 0 Å². The third kappa shape index (κ3) is 4.31. The Balaban J connectivity index is 2.29. The van der Waals surface area contributed by atoms with Gasteiger partial charge in [0.05, 0.1) is 0 Å². The van der Waals surface area contributed by atoms with Crippen molar-refractivity contribution < 1.29 is 14.7 Å². The zero-order chi connectivity index (χ0) is 11.8. The maximum absolute atomic E-state index is 10.3. The zero-order valence-corrected chi connectivity index (χ0v) is 8.56. The summed E-state index contributed by atoms with van der Waals surface area (Å²) in [7, 11) is 0. The Morgan fingerprint density at radius 1 is 1.44 bits per heavy atom. The molecule has 0 fully saturated rings. The molecule has 1 rings (SSSR count). The van der Waals surface area contributed by atoms with Crippen molar-refractivity contribution in [2.45, 2.75) is 0 Å². The van der Waals surface area contributed by atoms with Gasteiger partial charge in [-0.2, -0.15) is 0 Å². The van der Waals surface area contributed by atoms with E-state index in [0.717, 1.165) is 5.56 Å². The highest BCUT2D eigenvalue weighted by atomic mass is 16.6. The van der Waals surface area contributed by atoms with Crippen LogP contribution < -0.4 is 5.48 Å². The average molecular weight is 217 g/mol. The minimum atomic E-state index is -1.16. The van der Waals surface area contributed by atoms with Crippen molar-refractivity contribution in [1.29, 1.82) is 0 Å². The van der Waals surface area contributed by atoms with Crippen LogP contribution in [0, 0.1) is 11.8 Å². The van der Waals surface area contributed by atoms with E-state index in [-0.39, 0.29) is 12.3 Å². The average Bonchev–Trinajstić information content (AvgIpc) is 2.29. The molecule has 0 aromatic heterocycles. The molecule has 0 unspecified atom stereocenters. The monoisotopic (exact) mass is 217 g/mol. The molecule has 0 bridgehead atoms. The van der Waals surface area contributed by atoms with Crippen molar-refractivity contribution >= 4 is 5.97 Å². The maximum Gasteiger partial charge on any atom is 0.353 e. The minimum Gasteiger partial charge on any atom is -0.477 e. The number of carboxylic acid groups (broad SMARTS) is 1. The van der Waals surface area contributed by atoms with Crippen LogP contribution in [0.5, 0.6) is 0 Å². The maximum atomic E-state index is 10.3. The molecule has 0 heterocycles. The van der Waals surface area contributed by atoms with E-state index in [1.54, 1.807) is 0 Å². The Kier molecular flexibility index (Phi) is 4.64. The SMILES string of the molecule is C=C(NOCC#Cc1ccccc1)C(=O)O. The standard InChI is InChI=1S/C12H11NO3/c1-10(12(14)15)13-16-9-5-8-11-6-3-2-4-7-11/h2-4,6-7,13H,1,9H2,(H,14,15). The third-order valence-electron chi connectivity index (χ3n) is 1.60. The van der Waals surface area contributed by atoms with E-state index in [2.05, 4.69) is 23.9 Å². The van der Waals surface area contributed by atoms with Crippen molar-refractivity contribution in [3.63, 3.8) is 0 Å². The van der Waals surface area contributed by atoms with Gasteiger partial charge in [-0.05, 0) is 12.1 Å². The summed E-state index contributed by atoms with van der Waals surface area (Å²) in [6, 6.07) is 9.41. The Hall–Kier alpha value is -2.25. The molecule has 0 saturated heterocycles. The molecule has 0 amide bonds. The van der Waals surface area contributed by atoms with Crippen LogP contribution in [-0.2, 0) is 9.63 Å². The second-order valence-corrected chi connectivity index (χ2v) is 2.84. The summed E-state index contributed by atoms with van der Waals surface area (Å²) in [6.45, 7) is 3.31. The number of hydrogen-bond acceptors (Lipinski definition) is 3. The van der Waals surface area contributed by atoms with Crippen LogP contribution in [0.25, 0.3) is 0 Å². The Morgan fingerprint density at radius 2 is 2.12 bits per heavy atom. The lowest BCUT2D eigenvalue weighted by Gasteiger charge is -2.01. The van der Waals surface area contributed by atoms with Crippen molar-refractivity contribution in [3.8, 4) is 11.8 Å². The van der Waals surface area contributed by atoms with Gasteiger partial charge in [0.1, 0.15) is 12.3 Å². The number of hydrogen-bond donors (Lipinski definition) is 2. The Morgan fingerprint density at radius 3 is 2.75 bits per heavy atom. The number of nitrogens with one attached hydrogen (secondary N) is 1. The molecular formula is C12H11NO3. The quantitative estimate of drug-likeness (QED) is 0.344. The van der Waals surface area contributed by atoms with Gasteiger partial charge in [0.15, 0.2) is 0 Å². The fourth-order valence-electron chi connectivity index (χ4n) is 0.863. The molecule has 16 heavy (non-hydrogen) atoms. The molecular weight excluding hydrogens is 206 g/mol. The first-order valence-electron chi connectivity index (χ1n) is 4.54. The largest absolute Gasteiger partial charge is 0.477 e. The normalized spacial score (nSPS) is 8.75. The highest BCUT2D eigenvalue weighted by Crippen LogP contribution is 1.94. The number of benzene rings is 1. The number of hydroxylamine groups is 1. The molecule has 0 spiro atoms. The van der Waals surface area contributed by atoms with Crippen LogP contribution in [0.15, 0.2) is 42.6 Å². The first-order chi connectivity index (χ1) is 7.70. The summed E-state index contributed by atoms with van der Waals surface area (Å²) in [5.74, 6) is 4.43. The molecule has 1 aromatic rings. The summed E-state index contributed by atoms with van der Waals surface area (Å²) in [5.41, 5.74) is 2.83. The topological polar surface area (TPSA) is 58.6 Å². The van der Waals surface area contributed by atoms with Crippen LogP contribution in [-0.4, -0.2) is 17.7 Å². The van der Waals surface area contributed by atoms with Crippen molar-refractivity contribution in [2.24, 2.45) is 0 Å². The van der Waals surface area contributed by atoms with E-state index in [1.165, 1.54) is 0 Å². The first kappa shape index (κ1) is 11.8. The smallest absolute Gasteiger partial charge is 0.353 e. The summed E-state index contributed by atoms with van der Waals surface area (Å²) >= 11 is 0. The highest BCUT2D eigenvalue weighted by molar-refractivity contribution is 5.84. The Labute approximate surface area is 93.5 Å². The molecule has 4 nitrogen and oxygen atoms in total. The van der Waals surface area contributed by atoms with Crippen LogP contribution in [0.3, 0.4) is 0 Å². The lowest BCUT2D eigenvalue weighted by Crippen LogP contribution is -2.19. The molecule has 0 saturated carbocycles. The van der Waals surface area contributed by atoms with Gasteiger partial charge in [-0.15, -0.1) is 0 Å². The Bertz CT molecular complexity index is 429. The number of rotatable bonds is 4. The van der Waals surface area contributed by atoms with E-state index >= 15 is 0 Å². The fraction of sp³-hybridized carbons (Fsp3) is 0.0833. The lowest BCUT2D eigenvalue weighted by atomic mass is 10.2. The van der Waals surface area contributed by atoms with Gasteiger partial charge in [0.25, 0.3) is 0 Å². The second kappa shape index (κ2) is 6.27. The highest BCUT2D eigenvalue weighted by Gasteiger charge is 2.00. The summed E-state index contributed by atoms with van der Waals surface area (Å²) in [5, 5.41) is 8.44. The molecule has 0 aliphatic heterocycles. The molecule has 0 radical (unpaired) electrons. The number of carboxylic acids is 1. The zero-order valence-electron chi connectivity index (χ0n) is 8.56. The summed E-state index contributed by atoms with van der Waals surface area (Å²) in [6.07, 6.45) is 0. The minimum absolute atomic E-state index is 0.0845. The van der Waals surface area contributed by atoms with Crippen LogP contribution in [0.2, 0.25) is 0 Å². The number of aliphatic carboxylic acids is 1. The van der Waals surface area contributed by atoms with E-state index < -0.39 is 5.97 Å². The van der Waals surface area contributed by atoms with Gasteiger partial charge in [-0.25, -0.2) is 4.79 Å². The lowest BCUT2D eigenvalue weighted by molar-refractivity contribution is -0.134. The first-order valence-corrected chi connectivity index (χ1v) is 4.54. The van der Waals surface area contributed by atoms with Crippen LogP contribution >= 0.6 is 0 Å². The fourth-order valence-corrected chi connectivity index (χ4v) is 0.863. The van der Waals surface area contributed by atoms with E-state index in [4.69, 9.17) is 9.94 Å².